The molecule has 1 aliphatic heterocycles. The number of hydrogen-bond donors (Lipinski definition) is 1. The van der Waals surface area contributed by atoms with Crippen LogP contribution in [0.4, 0.5) is 0 Å². The average Bonchev–Trinajstić information content (AvgIpc) is 2.63. The van der Waals surface area contributed by atoms with Gasteiger partial charge in [-0.2, -0.15) is 0 Å². The minimum Gasteiger partial charge on any atom is -0.504 e. The van der Waals surface area contributed by atoms with Crippen LogP contribution < -0.4 is 4.74 Å². The van der Waals surface area contributed by atoms with Gasteiger partial charge in [-0.1, -0.05) is 12.1 Å². The summed E-state index contributed by atoms with van der Waals surface area (Å²) in [6, 6.07) is 5.58. The van der Waals surface area contributed by atoms with Crippen molar-refractivity contribution in [2.24, 2.45) is 0 Å². The molecule has 1 aliphatic carbocycles. The molecule has 1 N–H and O–H groups in total. The highest BCUT2D eigenvalue weighted by Crippen LogP contribution is 2.52. The van der Waals surface area contributed by atoms with E-state index in [0.29, 0.717) is 0 Å². The molecule has 2 nitrogen and oxygen atoms in total. The fourth-order valence-electron chi connectivity index (χ4n) is 1.85. The standard InChI is InChI=1S/C10H10O2/c11-8-3-1-2-7-6-10(4-5-10)12-9(7)8/h1-3,11H,4-6H2. The van der Waals surface area contributed by atoms with Crippen molar-refractivity contribution in [3.05, 3.63) is 23.8 Å². The lowest BCUT2D eigenvalue weighted by molar-refractivity contribution is 0.204. The number of para-hydroxylation sites is 1. The number of benzene rings is 1. The highest BCUT2D eigenvalue weighted by molar-refractivity contribution is 5.50. The molecule has 0 bridgehead atoms. The quantitative estimate of drug-likeness (QED) is 0.631. The van der Waals surface area contributed by atoms with Crippen molar-refractivity contribution < 1.29 is 9.84 Å². The van der Waals surface area contributed by atoms with Crippen molar-refractivity contribution in [1.82, 2.24) is 0 Å². The molecule has 62 valence electrons. The van der Waals surface area contributed by atoms with Crippen LogP contribution in [0.15, 0.2) is 18.2 Å². The Hall–Kier alpha value is -1.18. The summed E-state index contributed by atoms with van der Waals surface area (Å²) in [5.74, 6) is 1.01. The largest absolute Gasteiger partial charge is 0.504 e. The van der Waals surface area contributed by atoms with E-state index in [-0.39, 0.29) is 11.4 Å². The Morgan fingerprint density at radius 2 is 2.17 bits per heavy atom. The number of aromatic hydroxyl groups is 1. The molecule has 0 saturated heterocycles. The lowest BCUT2D eigenvalue weighted by Gasteiger charge is -2.06. The molecular formula is C10H10O2. The first kappa shape index (κ1) is 6.35. The second kappa shape index (κ2) is 1.76. The molecule has 1 spiro atoms. The third-order valence-electron chi connectivity index (χ3n) is 2.71. The van der Waals surface area contributed by atoms with Crippen molar-refractivity contribution in [3.8, 4) is 11.5 Å². The highest BCUT2D eigenvalue weighted by atomic mass is 16.5. The van der Waals surface area contributed by atoms with Gasteiger partial charge in [-0.05, 0) is 18.9 Å². The first-order valence-electron chi connectivity index (χ1n) is 4.29. The van der Waals surface area contributed by atoms with E-state index in [1.807, 2.05) is 12.1 Å². The topological polar surface area (TPSA) is 29.5 Å². The maximum absolute atomic E-state index is 9.47. The summed E-state index contributed by atoms with van der Waals surface area (Å²) in [6.45, 7) is 0. The molecule has 0 atom stereocenters. The summed E-state index contributed by atoms with van der Waals surface area (Å²) in [4.78, 5) is 0. The Morgan fingerprint density at radius 3 is 2.83 bits per heavy atom. The van der Waals surface area contributed by atoms with Gasteiger partial charge in [0.1, 0.15) is 5.60 Å². The van der Waals surface area contributed by atoms with Crippen LogP contribution in [-0.2, 0) is 6.42 Å². The third kappa shape index (κ3) is 0.697. The second-order valence-electron chi connectivity index (χ2n) is 3.73. The molecule has 0 aromatic heterocycles. The predicted octanol–water partition coefficient (Wildman–Crippen LogP) is 1.86. The Labute approximate surface area is 70.8 Å². The molecule has 12 heavy (non-hydrogen) atoms. The fourth-order valence-corrected chi connectivity index (χ4v) is 1.85. The Morgan fingerprint density at radius 1 is 1.33 bits per heavy atom. The number of hydrogen-bond acceptors (Lipinski definition) is 2. The summed E-state index contributed by atoms with van der Waals surface area (Å²) in [5, 5.41) is 9.47. The Kier molecular flexibility index (Phi) is 0.932. The Bertz CT molecular complexity index is 340. The van der Waals surface area contributed by atoms with Crippen LogP contribution in [0.25, 0.3) is 0 Å². The molecule has 1 fully saturated rings. The van der Waals surface area contributed by atoms with Gasteiger partial charge < -0.3 is 9.84 Å². The van der Waals surface area contributed by atoms with Crippen molar-refractivity contribution >= 4 is 0 Å². The van der Waals surface area contributed by atoms with Gasteiger partial charge in [-0.25, -0.2) is 0 Å². The summed E-state index contributed by atoms with van der Waals surface area (Å²) in [6.07, 6.45) is 3.26. The van der Waals surface area contributed by atoms with Gasteiger partial charge in [0.25, 0.3) is 0 Å². The molecule has 1 saturated carbocycles. The molecule has 2 aliphatic rings. The Balaban J connectivity index is 2.12. The van der Waals surface area contributed by atoms with E-state index in [1.54, 1.807) is 6.07 Å². The molecule has 1 aromatic carbocycles. The maximum atomic E-state index is 9.47. The van der Waals surface area contributed by atoms with Gasteiger partial charge in [0.05, 0.1) is 0 Å². The number of phenolic OH excluding ortho intramolecular Hbond substituents is 1. The summed E-state index contributed by atoms with van der Waals surface area (Å²) >= 11 is 0. The zero-order valence-corrected chi connectivity index (χ0v) is 6.71. The van der Waals surface area contributed by atoms with Crippen molar-refractivity contribution in [2.45, 2.75) is 24.9 Å². The maximum Gasteiger partial charge on any atom is 0.165 e. The van der Waals surface area contributed by atoms with Crippen LogP contribution in [-0.4, -0.2) is 10.7 Å². The zero-order chi connectivity index (χ0) is 8.18. The van der Waals surface area contributed by atoms with Crippen LogP contribution in [0.3, 0.4) is 0 Å². The molecule has 2 heteroatoms. The van der Waals surface area contributed by atoms with E-state index in [9.17, 15) is 5.11 Å². The van der Waals surface area contributed by atoms with Gasteiger partial charge in [-0.3, -0.25) is 0 Å². The minimum atomic E-state index is 0.0845. The van der Waals surface area contributed by atoms with Crippen LogP contribution in [0.5, 0.6) is 11.5 Å². The average molecular weight is 162 g/mol. The molecule has 1 aromatic rings. The van der Waals surface area contributed by atoms with Crippen molar-refractivity contribution in [2.75, 3.05) is 0 Å². The second-order valence-corrected chi connectivity index (χ2v) is 3.73. The van der Waals surface area contributed by atoms with Crippen LogP contribution in [0.2, 0.25) is 0 Å². The zero-order valence-electron chi connectivity index (χ0n) is 6.71. The first-order chi connectivity index (χ1) is 5.79. The first-order valence-corrected chi connectivity index (χ1v) is 4.29. The molecule has 0 unspecified atom stereocenters. The van der Waals surface area contributed by atoms with Crippen LogP contribution >= 0.6 is 0 Å². The normalized spacial score (nSPS) is 22.0. The van der Waals surface area contributed by atoms with Crippen LogP contribution in [0.1, 0.15) is 18.4 Å². The number of rotatable bonds is 0. The SMILES string of the molecule is Oc1cccc2c1OC1(CC1)C2. The number of phenols is 1. The molecule has 1 heterocycles. The lowest BCUT2D eigenvalue weighted by Crippen LogP contribution is -2.12. The monoisotopic (exact) mass is 162 g/mol. The van der Waals surface area contributed by atoms with E-state index in [2.05, 4.69) is 0 Å². The summed E-state index contributed by atoms with van der Waals surface area (Å²) in [7, 11) is 0. The van der Waals surface area contributed by atoms with Crippen molar-refractivity contribution in [1.29, 1.82) is 0 Å². The van der Waals surface area contributed by atoms with E-state index in [4.69, 9.17) is 4.74 Å². The molecule has 0 amide bonds. The molecule has 0 radical (unpaired) electrons. The molecular weight excluding hydrogens is 152 g/mol. The minimum absolute atomic E-state index is 0.0845. The predicted molar refractivity (Wildman–Crippen MR) is 44.4 cm³/mol. The van der Waals surface area contributed by atoms with E-state index in [0.717, 1.165) is 30.6 Å². The highest BCUT2D eigenvalue weighted by Gasteiger charge is 2.50. The van der Waals surface area contributed by atoms with Gasteiger partial charge in [-0.15, -0.1) is 0 Å². The number of ether oxygens (including phenoxy) is 1. The van der Waals surface area contributed by atoms with Gasteiger partial charge >= 0.3 is 0 Å². The van der Waals surface area contributed by atoms with Crippen LogP contribution in [0, 0.1) is 0 Å². The van der Waals surface area contributed by atoms with Crippen molar-refractivity contribution in [3.63, 3.8) is 0 Å². The summed E-state index contributed by atoms with van der Waals surface area (Å²) in [5.41, 5.74) is 1.24. The smallest absolute Gasteiger partial charge is 0.165 e. The van der Waals surface area contributed by atoms with Gasteiger partial charge in [0.15, 0.2) is 11.5 Å². The number of fused-ring (bicyclic) bond motifs is 1. The lowest BCUT2D eigenvalue weighted by atomic mass is 10.1. The van der Waals surface area contributed by atoms with Gasteiger partial charge in [0.2, 0.25) is 0 Å². The fraction of sp³-hybridized carbons (Fsp3) is 0.400. The molecule has 3 rings (SSSR count). The van der Waals surface area contributed by atoms with E-state index in [1.165, 1.54) is 0 Å². The third-order valence-corrected chi connectivity index (χ3v) is 2.71. The van der Waals surface area contributed by atoms with E-state index < -0.39 is 0 Å². The van der Waals surface area contributed by atoms with Gasteiger partial charge in [0, 0.05) is 12.0 Å². The van der Waals surface area contributed by atoms with E-state index >= 15 is 0 Å². The summed E-state index contributed by atoms with van der Waals surface area (Å²) < 4.78 is 5.69.